The summed E-state index contributed by atoms with van der Waals surface area (Å²) in [6, 6.07) is 12.0. The van der Waals surface area contributed by atoms with E-state index < -0.39 is 5.92 Å². The molecule has 3 aliphatic rings. The van der Waals surface area contributed by atoms with Crippen molar-refractivity contribution in [3.63, 3.8) is 0 Å². The van der Waals surface area contributed by atoms with Crippen LogP contribution in [0.25, 0.3) is 0 Å². The lowest BCUT2D eigenvalue weighted by Crippen LogP contribution is -2.44. The van der Waals surface area contributed by atoms with Crippen molar-refractivity contribution >= 4 is 11.6 Å². The first-order chi connectivity index (χ1) is 20.5. The zero-order valence-electron chi connectivity index (χ0n) is 25.1. The number of fused-ring (bicyclic) bond motifs is 1. The number of amides is 1. The van der Waals surface area contributed by atoms with Crippen LogP contribution in [0.5, 0.6) is 0 Å². The van der Waals surface area contributed by atoms with Crippen LogP contribution in [-0.2, 0) is 30.8 Å². The third-order valence-electron chi connectivity index (χ3n) is 9.81. The van der Waals surface area contributed by atoms with Gasteiger partial charge in [-0.2, -0.15) is 5.26 Å². The van der Waals surface area contributed by atoms with Crippen LogP contribution in [0.4, 0.5) is 14.5 Å². The molecule has 0 aliphatic heterocycles. The molecule has 0 saturated heterocycles. The Morgan fingerprint density at radius 3 is 2.67 bits per heavy atom. The molecule has 1 atom stereocenters. The second kappa shape index (κ2) is 11.1. The molecule has 3 aromatic rings. The van der Waals surface area contributed by atoms with E-state index in [0.29, 0.717) is 37.3 Å². The summed E-state index contributed by atoms with van der Waals surface area (Å²) in [6.07, 6.45) is 6.04. The lowest BCUT2D eigenvalue weighted by Gasteiger charge is -2.46. The fourth-order valence-electron chi connectivity index (χ4n) is 7.47. The van der Waals surface area contributed by atoms with E-state index in [1.54, 1.807) is 6.33 Å². The Kier molecular flexibility index (Phi) is 7.57. The smallest absolute Gasteiger partial charge is 0.274 e. The van der Waals surface area contributed by atoms with E-state index in [9.17, 15) is 18.8 Å². The summed E-state index contributed by atoms with van der Waals surface area (Å²) in [5.74, 6) is -1.74. The van der Waals surface area contributed by atoms with Gasteiger partial charge in [0.15, 0.2) is 0 Å². The SMILES string of the molecule is Cn1cnnc1C1(c2cccc(NC(=O)c3cc(CNCC4CCC(F)(F)C4)c4c(n3)C(C)(C)CC4)c2)CC(CC#N)C1. The molecule has 2 saturated carbocycles. The summed E-state index contributed by atoms with van der Waals surface area (Å²) in [5, 5.41) is 24.2. The molecular weight excluding hydrogens is 548 g/mol. The molecule has 2 N–H and O–H groups in total. The summed E-state index contributed by atoms with van der Waals surface area (Å²) in [7, 11) is 1.93. The van der Waals surface area contributed by atoms with Gasteiger partial charge in [0.25, 0.3) is 5.91 Å². The maximum atomic E-state index is 13.7. The Bertz CT molecular complexity index is 1570. The van der Waals surface area contributed by atoms with Crippen molar-refractivity contribution in [2.75, 3.05) is 11.9 Å². The number of aryl methyl sites for hydroxylation is 1. The average Bonchev–Trinajstić information content (AvgIpc) is 3.62. The number of anilines is 1. The second-order valence-electron chi connectivity index (χ2n) is 13.5. The fourth-order valence-corrected chi connectivity index (χ4v) is 7.47. The van der Waals surface area contributed by atoms with Gasteiger partial charge in [-0.05, 0) is 85.4 Å². The number of hydrogen-bond acceptors (Lipinski definition) is 6. The molecule has 2 aromatic heterocycles. The Hall–Kier alpha value is -3.71. The third-order valence-corrected chi connectivity index (χ3v) is 9.81. The normalized spacial score (nSPS) is 25.1. The quantitative estimate of drug-likeness (QED) is 0.327. The number of benzene rings is 1. The number of hydrogen-bond donors (Lipinski definition) is 2. The van der Waals surface area contributed by atoms with Crippen LogP contribution in [0.15, 0.2) is 36.7 Å². The van der Waals surface area contributed by atoms with E-state index in [-0.39, 0.29) is 41.4 Å². The van der Waals surface area contributed by atoms with Crippen LogP contribution < -0.4 is 10.6 Å². The zero-order valence-corrected chi connectivity index (χ0v) is 25.1. The topological polar surface area (TPSA) is 109 Å². The predicted octanol–water partition coefficient (Wildman–Crippen LogP) is 5.82. The minimum absolute atomic E-state index is 0.0351. The second-order valence-corrected chi connectivity index (χ2v) is 13.5. The van der Waals surface area contributed by atoms with E-state index in [4.69, 9.17) is 4.98 Å². The molecule has 43 heavy (non-hydrogen) atoms. The Morgan fingerprint density at radius 1 is 1.16 bits per heavy atom. The molecule has 0 radical (unpaired) electrons. The number of nitrogens with one attached hydrogen (secondary N) is 2. The Balaban J connectivity index is 1.22. The number of halogens is 2. The number of pyridine rings is 1. The van der Waals surface area contributed by atoms with Crippen molar-refractivity contribution < 1.29 is 13.6 Å². The molecule has 10 heteroatoms. The molecule has 226 valence electrons. The molecule has 6 rings (SSSR count). The van der Waals surface area contributed by atoms with Gasteiger partial charge in [0.05, 0.1) is 17.2 Å². The maximum Gasteiger partial charge on any atom is 0.274 e. The van der Waals surface area contributed by atoms with Crippen molar-refractivity contribution in [1.82, 2.24) is 25.1 Å². The highest BCUT2D eigenvalue weighted by atomic mass is 19.3. The van der Waals surface area contributed by atoms with E-state index in [2.05, 4.69) is 40.7 Å². The molecule has 2 fully saturated rings. The van der Waals surface area contributed by atoms with Crippen molar-refractivity contribution in [2.45, 2.75) is 88.5 Å². The zero-order chi connectivity index (χ0) is 30.4. The number of aromatic nitrogens is 4. The molecule has 3 aliphatic carbocycles. The maximum absolute atomic E-state index is 13.7. The number of carbonyl (C=O) groups is 1. The average molecular weight is 588 g/mol. The lowest BCUT2D eigenvalue weighted by molar-refractivity contribution is 0.00507. The van der Waals surface area contributed by atoms with Gasteiger partial charge in [0.1, 0.15) is 17.8 Å². The molecular formula is C33H39F2N7O. The van der Waals surface area contributed by atoms with E-state index >= 15 is 0 Å². The first-order valence-electron chi connectivity index (χ1n) is 15.2. The summed E-state index contributed by atoms with van der Waals surface area (Å²) in [6.45, 7) is 5.35. The standard InChI is InChI=1S/C33H39F2N7O/c1-31(2)10-8-26-23(19-37-18-22-7-11-33(34,35)17-22)13-27(40-28(26)31)29(43)39-25-6-4-5-24(14-25)32(15-21(16-32)9-12-36)30-41-38-20-42(30)3/h4-6,13-14,20-22,37H,7-11,15-19H2,1-3H3,(H,39,43). The summed E-state index contributed by atoms with van der Waals surface area (Å²) in [5.41, 5.74) is 4.64. The van der Waals surface area contributed by atoms with Crippen molar-refractivity contribution in [2.24, 2.45) is 18.9 Å². The van der Waals surface area contributed by atoms with Crippen molar-refractivity contribution in [3.8, 4) is 6.07 Å². The molecule has 0 spiro atoms. The molecule has 2 heterocycles. The molecule has 0 bridgehead atoms. The van der Waals surface area contributed by atoms with Gasteiger partial charge < -0.3 is 15.2 Å². The van der Waals surface area contributed by atoms with Crippen molar-refractivity contribution in [1.29, 1.82) is 5.26 Å². The van der Waals surface area contributed by atoms with Crippen LogP contribution in [0.3, 0.4) is 0 Å². The highest BCUT2D eigenvalue weighted by Gasteiger charge is 2.49. The molecule has 1 amide bonds. The van der Waals surface area contributed by atoms with Gasteiger partial charge in [-0.15, -0.1) is 10.2 Å². The summed E-state index contributed by atoms with van der Waals surface area (Å²) >= 11 is 0. The van der Waals surface area contributed by atoms with Crippen LogP contribution in [0.1, 0.15) is 97.5 Å². The minimum Gasteiger partial charge on any atom is -0.321 e. The van der Waals surface area contributed by atoms with Crippen LogP contribution in [0.2, 0.25) is 0 Å². The molecule has 8 nitrogen and oxygen atoms in total. The lowest BCUT2D eigenvalue weighted by atomic mass is 9.57. The Labute approximate surface area is 251 Å². The van der Waals surface area contributed by atoms with Gasteiger partial charge >= 0.3 is 0 Å². The number of carbonyl (C=O) groups excluding carboxylic acids is 1. The Morgan fingerprint density at radius 2 is 1.98 bits per heavy atom. The minimum atomic E-state index is -2.55. The van der Waals surface area contributed by atoms with Gasteiger partial charge in [-0.1, -0.05) is 26.0 Å². The number of alkyl halides is 2. The molecule has 1 aromatic carbocycles. The van der Waals surface area contributed by atoms with Crippen LogP contribution in [0, 0.1) is 23.2 Å². The number of rotatable bonds is 9. The van der Waals surface area contributed by atoms with Crippen molar-refractivity contribution in [3.05, 3.63) is 70.6 Å². The number of nitriles is 1. The fraction of sp³-hybridized carbons (Fsp3) is 0.545. The van der Waals surface area contributed by atoms with E-state index in [0.717, 1.165) is 53.9 Å². The first-order valence-corrected chi connectivity index (χ1v) is 15.2. The highest BCUT2D eigenvalue weighted by Crippen LogP contribution is 2.53. The van der Waals surface area contributed by atoms with E-state index in [1.807, 2.05) is 41.9 Å². The van der Waals surface area contributed by atoms with Crippen LogP contribution >= 0.6 is 0 Å². The third kappa shape index (κ3) is 5.67. The highest BCUT2D eigenvalue weighted by molar-refractivity contribution is 6.03. The number of nitrogens with zero attached hydrogens (tertiary/aromatic N) is 5. The van der Waals surface area contributed by atoms with E-state index in [1.165, 1.54) is 0 Å². The summed E-state index contributed by atoms with van der Waals surface area (Å²) in [4.78, 5) is 18.5. The first kappa shape index (κ1) is 29.4. The van der Waals surface area contributed by atoms with Gasteiger partial charge in [0, 0.05) is 44.0 Å². The largest absolute Gasteiger partial charge is 0.321 e. The van der Waals surface area contributed by atoms with Crippen LogP contribution in [-0.4, -0.2) is 38.1 Å². The van der Waals surface area contributed by atoms with Gasteiger partial charge in [-0.3, -0.25) is 4.79 Å². The summed E-state index contributed by atoms with van der Waals surface area (Å²) < 4.78 is 29.3. The predicted molar refractivity (Wildman–Crippen MR) is 159 cm³/mol. The monoisotopic (exact) mass is 587 g/mol. The molecule has 1 unspecified atom stereocenters. The van der Waals surface area contributed by atoms with Gasteiger partial charge in [0.2, 0.25) is 5.92 Å². The van der Waals surface area contributed by atoms with Gasteiger partial charge in [-0.25, -0.2) is 13.8 Å².